The van der Waals surface area contributed by atoms with Gasteiger partial charge >= 0.3 is 0 Å². The van der Waals surface area contributed by atoms with Gasteiger partial charge in [0.2, 0.25) is 0 Å². The van der Waals surface area contributed by atoms with Crippen LogP contribution in [0.2, 0.25) is 5.54 Å². The Morgan fingerprint density at radius 1 is 1.67 bits per heavy atom. The molecule has 38 valence electrons. The maximum Gasteiger partial charge on any atom is 0.00637 e. The van der Waals surface area contributed by atoms with E-state index in [0.717, 1.165) is 5.54 Å². The highest BCUT2D eigenvalue weighted by Crippen LogP contribution is 2.03. The Morgan fingerprint density at radius 3 is 2.17 bits per heavy atom. The summed E-state index contributed by atoms with van der Waals surface area (Å²) in [7, 11) is 1.38. The van der Waals surface area contributed by atoms with Crippen LogP contribution in [0.25, 0.3) is 0 Å². The lowest BCUT2D eigenvalue weighted by Crippen LogP contribution is -1.80. The summed E-state index contributed by atoms with van der Waals surface area (Å²) in [5.41, 5.74) is 1.04. The molecule has 6 heavy (non-hydrogen) atoms. The fourth-order valence-electron chi connectivity index (χ4n) is 0.577. The zero-order chi connectivity index (χ0) is 4.99. The van der Waals surface area contributed by atoms with Crippen LogP contribution < -0.4 is 0 Å². The topological polar surface area (TPSA) is 0 Å². The van der Waals surface area contributed by atoms with Crippen molar-refractivity contribution in [3.8, 4) is 0 Å². The van der Waals surface area contributed by atoms with Gasteiger partial charge < -0.3 is 0 Å². The molecule has 0 aliphatic heterocycles. The first-order valence-electron chi connectivity index (χ1n) is 2.77. The van der Waals surface area contributed by atoms with Crippen molar-refractivity contribution >= 4 is 10.2 Å². The first-order valence-corrected chi connectivity index (χ1v) is 3.92. The number of hydrogen-bond donors (Lipinski definition) is 0. The minimum absolute atomic E-state index is 1.04. The van der Waals surface area contributed by atoms with Crippen LogP contribution in [0, 0.1) is 0 Å². The zero-order valence-electron chi connectivity index (χ0n) is 4.99. The van der Waals surface area contributed by atoms with E-state index in [0.29, 0.717) is 0 Å². The molecule has 0 aromatic rings. The summed E-state index contributed by atoms with van der Waals surface area (Å²) >= 11 is 0. The van der Waals surface area contributed by atoms with Crippen LogP contribution in [-0.4, -0.2) is 10.2 Å². The Kier molecular flexibility index (Phi) is 3.53. The Balaban J connectivity index is 2.63. The lowest BCUT2D eigenvalue weighted by Gasteiger charge is -1.95. The molecule has 0 N–H and O–H groups in total. The molecular formula is C5H14Si. The van der Waals surface area contributed by atoms with E-state index in [1.54, 1.807) is 0 Å². The standard InChI is InChI=1S/C5H14Si/c1-3-4-5(2)6/h5H,3-4H2,1-2,6H3. The first kappa shape index (κ1) is 6.22. The van der Waals surface area contributed by atoms with Crippen LogP contribution in [0.1, 0.15) is 26.7 Å². The molecule has 1 unspecified atom stereocenters. The molecule has 0 saturated carbocycles. The summed E-state index contributed by atoms with van der Waals surface area (Å²) in [5.74, 6) is 0. The smallest absolute Gasteiger partial charge is 0.00637 e. The van der Waals surface area contributed by atoms with Gasteiger partial charge in [0.1, 0.15) is 0 Å². The summed E-state index contributed by atoms with van der Waals surface area (Å²) in [4.78, 5) is 0. The summed E-state index contributed by atoms with van der Waals surface area (Å²) in [5, 5.41) is 0. The Bertz CT molecular complexity index is 25.1. The molecule has 0 aliphatic carbocycles. The zero-order valence-corrected chi connectivity index (χ0v) is 6.99. The van der Waals surface area contributed by atoms with Gasteiger partial charge in [-0.3, -0.25) is 0 Å². The van der Waals surface area contributed by atoms with Crippen molar-refractivity contribution in [3.63, 3.8) is 0 Å². The van der Waals surface area contributed by atoms with Gasteiger partial charge in [-0.05, 0) is 0 Å². The van der Waals surface area contributed by atoms with Crippen molar-refractivity contribution < 1.29 is 0 Å². The fourth-order valence-corrected chi connectivity index (χ4v) is 1.15. The van der Waals surface area contributed by atoms with Crippen LogP contribution >= 0.6 is 0 Å². The SMILES string of the molecule is CCCC(C)[SiH3]. The third kappa shape index (κ3) is 4.22. The van der Waals surface area contributed by atoms with Gasteiger partial charge in [-0.1, -0.05) is 32.2 Å². The van der Waals surface area contributed by atoms with Crippen molar-refractivity contribution in [1.82, 2.24) is 0 Å². The largest absolute Gasteiger partial charge is 0.0658 e. The monoisotopic (exact) mass is 102 g/mol. The third-order valence-corrected chi connectivity index (χ3v) is 1.44. The maximum absolute atomic E-state index is 2.32. The highest BCUT2D eigenvalue weighted by Gasteiger charge is 1.85. The Labute approximate surface area is 43.4 Å². The summed E-state index contributed by atoms with van der Waals surface area (Å²) in [6.07, 6.45) is 2.80. The second-order valence-electron chi connectivity index (χ2n) is 2.18. The van der Waals surface area contributed by atoms with Crippen molar-refractivity contribution in [2.75, 3.05) is 0 Å². The van der Waals surface area contributed by atoms with Gasteiger partial charge in [-0.25, -0.2) is 0 Å². The second kappa shape index (κ2) is 3.41. The van der Waals surface area contributed by atoms with E-state index in [2.05, 4.69) is 13.8 Å². The van der Waals surface area contributed by atoms with Crippen molar-refractivity contribution in [2.45, 2.75) is 32.2 Å². The van der Waals surface area contributed by atoms with Crippen LogP contribution in [0.15, 0.2) is 0 Å². The molecule has 0 radical (unpaired) electrons. The lowest BCUT2D eigenvalue weighted by atomic mass is 10.3. The average molecular weight is 102 g/mol. The van der Waals surface area contributed by atoms with Crippen molar-refractivity contribution in [2.24, 2.45) is 0 Å². The predicted molar refractivity (Wildman–Crippen MR) is 34.3 cm³/mol. The maximum atomic E-state index is 2.32. The van der Waals surface area contributed by atoms with E-state index < -0.39 is 0 Å². The average Bonchev–Trinajstić information content (AvgIpc) is 1.35. The Morgan fingerprint density at radius 2 is 2.17 bits per heavy atom. The molecule has 0 spiro atoms. The van der Waals surface area contributed by atoms with E-state index in [-0.39, 0.29) is 0 Å². The van der Waals surface area contributed by atoms with Crippen LogP contribution in [0.5, 0.6) is 0 Å². The quantitative estimate of drug-likeness (QED) is 0.456. The van der Waals surface area contributed by atoms with Crippen LogP contribution in [0.3, 0.4) is 0 Å². The van der Waals surface area contributed by atoms with Gasteiger partial charge in [0.15, 0.2) is 0 Å². The second-order valence-corrected chi connectivity index (χ2v) is 4.15. The summed E-state index contributed by atoms with van der Waals surface area (Å²) in [6, 6.07) is 0. The van der Waals surface area contributed by atoms with Crippen LogP contribution in [0.4, 0.5) is 0 Å². The summed E-state index contributed by atoms with van der Waals surface area (Å²) in [6.45, 7) is 4.56. The molecular weight excluding hydrogens is 88.1 g/mol. The molecule has 0 heterocycles. The molecule has 0 saturated heterocycles. The molecule has 0 rings (SSSR count). The van der Waals surface area contributed by atoms with E-state index in [1.807, 2.05) is 0 Å². The molecule has 1 atom stereocenters. The van der Waals surface area contributed by atoms with E-state index >= 15 is 0 Å². The fraction of sp³-hybridized carbons (Fsp3) is 1.00. The summed E-state index contributed by atoms with van der Waals surface area (Å²) < 4.78 is 0. The molecule has 1 heteroatoms. The van der Waals surface area contributed by atoms with E-state index in [1.165, 1.54) is 23.1 Å². The Hall–Kier alpha value is 0.217. The van der Waals surface area contributed by atoms with Crippen molar-refractivity contribution in [3.05, 3.63) is 0 Å². The lowest BCUT2D eigenvalue weighted by molar-refractivity contribution is 0.769. The van der Waals surface area contributed by atoms with Crippen LogP contribution in [-0.2, 0) is 0 Å². The minimum Gasteiger partial charge on any atom is -0.0658 e. The highest BCUT2D eigenvalue weighted by atomic mass is 28.1. The van der Waals surface area contributed by atoms with Gasteiger partial charge in [0, 0.05) is 10.2 Å². The molecule has 0 bridgehead atoms. The third-order valence-electron chi connectivity index (χ3n) is 0.866. The molecule has 0 nitrogen and oxygen atoms in total. The van der Waals surface area contributed by atoms with Gasteiger partial charge in [-0.15, -0.1) is 0 Å². The van der Waals surface area contributed by atoms with Gasteiger partial charge in [0.25, 0.3) is 0 Å². The molecule has 0 aliphatic rings. The van der Waals surface area contributed by atoms with E-state index in [9.17, 15) is 0 Å². The molecule has 0 aromatic carbocycles. The van der Waals surface area contributed by atoms with Crippen molar-refractivity contribution in [1.29, 1.82) is 0 Å². The number of hydrogen-bond acceptors (Lipinski definition) is 0. The van der Waals surface area contributed by atoms with Gasteiger partial charge in [0.05, 0.1) is 0 Å². The minimum atomic E-state index is 1.04. The van der Waals surface area contributed by atoms with Gasteiger partial charge in [-0.2, -0.15) is 0 Å². The van der Waals surface area contributed by atoms with E-state index in [4.69, 9.17) is 0 Å². The highest BCUT2D eigenvalue weighted by molar-refractivity contribution is 6.11. The first-order chi connectivity index (χ1) is 2.77. The predicted octanol–water partition coefficient (Wildman–Crippen LogP) is 0.960. The number of rotatable bonds is 2. The molecule has 0 aromatic heterocycles. The molecule has 0 fully saturated rings. The normalized spacial score (nSPS) is 15.0. The molecule has 0 amide bonds.